The quantitative estimate of drug-likeness (QED) is 0.591. The number of carbonyl (C=O) groups excluding carboxylic acids is 1. The number of ether oxygens (including phenoxy) is 1. The Bertz CT molecular complexity index is 415. The highest BCUT2D eigenvalue weighted by molar-refractivity contribution is 14.1. The Morgan fingerprint density at radius 1 is 1.57 bits per heavy atom. The summed E-state index contributed by atoms with van der Waals surface area (Å²) in [5.74, 6) is 0.538. The molecule has 0 radical (unpaired) electrons. The number of rotatable bonds is 1. The maximum absolute atomic E-state index is 10.8. The molecule has 3 nitrogen and oxygen atoms in total. The van der Waals surface area contributed by atoms with Crippen LogP contribution in [0.1, 0.15) is 18.6 Å². The summed E-state index contributed by atoms with van der Waals surface area (Å²) in [5.41, 5.74) is 1.67. The van der Waals surface area contributed by atoms with E-state index in [0.29, 0.717) is 5.90 Å². The monoisotopic (exact) mass is 301 g/mol. The molecule has 0 N–H and O–H groups in total. The Kier molecular flexibility index (Phi) is 2.54. The molecule has 1 aromatic carbocycles. The van der Waals surface area contributed by atoms with Gasteiger partial charge >= 0.3 is 0 Å². The van der Waals surface area contributed by atoms with Crippen LogP contribution in [0, 0.1) is 3.57 Å². The fourth-order valence-corrected chi connectivity index (χ4v) is 1.91. The SMILES string of the molecule is CC1=Nc2ccc(I)cc2C(C=O)O1. The highest BCUT2D eigenvalue weighted by Crippen LogP contribution is 2.32. The lowest BCUT2D eigenvalue weighted by atomic mass is 10.1. The van der Waals surface area contributed by atoms with Gasteiger partial charge in [-0.15, -0.1) is 0 Å². The molecule has 1 aromatic rings. The molecule has 1 atom stereocenters. The molecule has 1 unspecified atom stereocenters. The van der Waals surface area contributed by atoms with Crippen molar-refractivity contribution in [2.45, 2.75) is 13.0 Å². The van der Waals surface area contributed by atoms with Crippen molar-refractivity contribution in [2.75, 3.05) is 0 Å². The first kappa shape index (κ1) is 9.64. The summed E-state index contributed by atoms with van der Waals surface area (Å²) < 4.78 is 6.37. The molecule has 72 valence electrons. The topological polar surface area (TPSA) is 38.7 Å². The van der Waals surface area contributed by atoms with Crippen LogP contribution in [0.2, 0.25) is 0 Å². The Labute approximate surface area is 95.3 Å². The number of nitrogens with zero attached hydrogens (tertiary/aromatic N) is 1. The Hall–Kier alpha value is -0.910. The van der Waals surface area contributed by atoms with Crippen LogP contribution in [0.15, 0.2) is 23.2 Å². The summed E-state index contributed by atoms with van der Waals surface area (Å²) in [4.78, 5) is 15.0. The number of hydrogen-bond donors (Lipinski definition) is 0. The van der Waals surface area contributed by atoms with Gasteiger partial charge < -0.3 is 4.74 Å². The molecule has 0 saturated heterocycles. The predicted molar refractivity (Wildman–Crippen MR) is 61.8 cm³/mol. The van der Waals surface area contributed by atoms with Crippen LogP contribution >= 0.6 is 22.6 Å². The second-order valence-electron chi connectivity index (χ2n) is 3.01. The largest absolute Gasteiger partial charge is 0.465 e. The van der Waals surface area contributed by atoms with Crippen molar-refractivity contribution in [3.05, 3.63) is 27.3 Å². The summed E-state index contributed by atoms with van der Waals surface area (Å²) in [7, 11) is 0. The molecule has 0 amide bonds. The average molecular weight is 301 g/mol. The number of fused-ring (bicyclic) bond motifs is 1. The summed E-state index contributed by atoms with van der Waals surface area (Å²) >= 11 is 2.20. The van der Waals surface area contributed by atoms with E-state index in [1.165, 1.54) is 0 Å². The zero-order valence-corrected chi connectivity index (χ0v) is 9.69. The average Bonchev–Trinajstić information content (AvgIpc) is 2.17. The number of aldehydes is 1. The van der Waals surface area contributed by atoms with E-state index in [0.717, 1.165) is 21.1 Å². The normalized spacial score (nSPS) is 19.3. The van der Waals surface area contributed by atoms with E-state index in [2.05, 4.69) is 27.6 Å². The van der Waals surface area contributed by atoms with Gasteiger partial charge in [0.15, 0.2) is 18.3 Å². The summed E-state index contributed by atoms with van der Waals surface area (Å²) in [6.07, 6.45) is 0.296. The molecule has 1 aliphatic rings. The molecule has 0 bridgehead atoms. The third-order valence-electron chi connectivity index (χ3n) is 2.00. The van der Waals surface area contributed by atoms with E-state index in [1.807, 2.05) is 18.2 Å². The lowest BCUT2D eigenvalue weighted by molar-refractivity contribution is -0.114. The van der Waals surface area contributed by atoms with Crippen molar-refractivity contribution in [2.24, 2.45) is 4.99 Å². The zero-order chi connectivity index (χ0) is 10.1. The molecule has 0 saturated carbocycles. The molecule has 4 heteroatoms. The summed E-state index contributed by atoms with van der Waals surface area (Å²) in [6.45, 7) is 1.75. The van der Waals surface area contributed by atoms with Crippen LogP contribution in [-0.2, 0) is 9.53 Å². The fraction of sp³-hybridized carbons (Fsp3) is 0.200. The minimum Gasteiger partial charge on any atom is -0.465 e. The molecule has 1 aliphatic heterocycles. The molecule has 0 aliphatic carbocycles. The van der Waals surface area contributed by atoms with Crippen molar-refractivity contribution < 1.29 is 9.53 Å². The zero-order valence-electron chi connectivity index (χ0n) is 7.53. The van der Waals surface area contributed by atoms with Gasteiger partial charge in [0.25, 0.3) is 0 Å². The van der Waals surface area contributed by atoms with Gasteiger partial charge in [-0.25, -0.2) is 4.99 Å². The van der Waals surface area contributed by atoms with Crippen molar-refractivity contribution in [3.63, 3.8) is 0 Å². The second kappa shape index (κ2) is 3.68. The van der Waals surface area contributed by atoms with E-state index in [1.54, 1.807) is 6.92 Å². The van der Waals surface area contributed by atoms with Crippen LogP contribution < -0.4 is 0 Å². The van der Waals surface area contributed by atoms with E-state index in [-0.39, 0.29) is 0 Å². The molecule has 0 fully saturated rings. The van der Waals surface area contributed by atoms with Crippen molar-refractivity contribution in [3.8, 4) is 0 Å². The number of carbonyl (C=O) groups is 1. The molecule has 0 aromatic heterocycles. The van der Waals surface area contributed by atoms with Crippen LogP contribution in [0.3, 0.4) is 0 Å². The first-order chi connectivity index (χ1) is 6.70. The first-order valence-corrected chi connectivity index (χ1v) is 5.25. The van der Waals surface area contributed by atoms with E-state index in [9.17, 15) is 4.79 Å². The van der Waals surface area contributed by atoms with Crippen molar-refractivity contribution in [1.82, 2.24) is 0 Å². The maximum atomic E-state index is 10.8. The number of benzene rings is 1. The smallest absolute Gasteiger partial charge is 0.186 e. The number of halogens is 1. The third kappa shape index (κ3) is 1.66. The van der Waals surface area contributed by atoms with Gasteiger partial charge in [-0.2, -0.15) is 0 Å². The van der Waals surface area contributed by atoms with Gasteiger partial charge in [-0.1, -0.05) is 0 Å². The highest BCUT2D eigenvalue weighted by atomic mass is 127. The minimum atomic E-state index is -0.503. The Balaban J connectivity index is 2.57. The summed E-state index contributed by atoms with van der Waals surface area (Å²) in [6, 6.07) is 5.79. The Morgan fingerprint density at radius 3 is 3.07 bits per heavy atom. The second-order valence-corrected chi connectivity index (χ2v) is 4.25. The van der Waals surface area contributed by atoms with Gasteiger partial charge in [0.1, 0.15) is 0 Å². The molecular weight excluding hydrogens is 293 g/mol. The number of aliphatic imine (C=N–C) groups is 1. The molecule has 1 heterocycles. The summed E-state index contributed by atoms with van der Waals surface area (Å²) in [5, 5.41) is 0. The third-order valence-corrected chi connectivity index (χ3v) is 2.67. The van der Waals surface area contributed by atoms with Crippen LogP contribution in [0.25, 0.3) is 0 Å². The standard InChI is InChI=1S/C10H8INO2/c1-6-12-9-3-2-7(11)4-8(9)10(5-13)14-6/h2-5,10H,1H3. The van der Waals surface area contributed by atoms with Crippen molar-refractivity contribution in [1.29, 1.82) is 0 Å². The van der Waals surface area contributed by atoms with E-state index >= 15 is 0 Å². The van der Waals surface area contributed by atoms with Gasteiger partial charge in [-0.3, -0.25) is 4.79 Å². The maximum Gasteiger partial charge on any atom is 0.186 e. The lowest BCUT2D eigenvalue weighted by Crippen LogP contribution is -2.14. The first-order valence-electron chi connectivity index (χ1n) is 4.17. The molecule has 2 rings (SSSR count). The van der Waals surface area contributed by atoms with Gasteiger partial charge in [0.2, 0.25) is 0 Å². The van der Waals surface area contributed by atoms with E-state index < -0.39 is 6.10 Å². The molecular formula is C10H8INO2. The van der Waals surface area contributed by atoms with Crippen LogP contribution in [0.4, 0.5) is 5.69 Å². The van der Waals surface area contributed by atoms with Gasteiger partial charge in [-0.05, 0) is 40.8 Å². The minimum absolute atomic E-state index is 0.503. The highest BCUT2D eigenvalue weighted by Gasteiger charge is 2.21. The Morgan fingerprint density at radius 2 is 2.36 bits per heavy atom. The van der Waals surface area contributed by atoms with E-state index in [4.69, 9.17) is 4.74 Å². The lowest BCUT2D eigenvalue weighted by Gasteiger charge is -2.20. The van der Waals surface area contributed by atoms with Crippen molar-refractivity contribution >= 4 is 40.5 Å². The van der Waals surface area contributed by atoms with Crippen LogP contribution in [0.5, 0.6) is 0 Å². The van der Waals surface area contributed by atoms with Crippen LogP contribution in [-0.4, -0.2) is 12.2 Å². The molecule has 14 heavy (non-hydrogen) atoms. The predicted octanol–water partition coefficient (Wildman–Crippen LogP) is 2.61. The van der Waals surface area contributed by atoms with Gasteiger partial charge in [0, 0.05) is 16.1 Å². The number of hydrogen-bond acceptors (Lipinski definition) is 3. The van der Waals surface area contributed by atoms with Gasteiger partial charge in [0.05, 0.1) is 5.69 Å². The molecule has 0 spiro atoms. The fourth-order valence-electron chi connectivity index (χ4n) is 1.40.